The van der Waals surface area contributed by atoms with E-state index in [0.29, 0.717) is 23.7 Å². The quantitative estimate of drug-likeness (QED) is 0.663. The normalized spacial score (nSPS) is 18.3. The van der Waals surface area contributed by atoms with Gasteiger partial charge in [0.1, 0.15) is 0 Å². The van der Waals surface area contributed by atoms with Gasteiger partial charge in [0.15, 0.2) is 0 Å². The number of nitrogens with one attached hydrogen (secondary N) is 3. The van der Waals surface area contributed by atoms with Crippen LogP contribution in [0.1, 0.15) is 54.1 Å². The van der Waals surface area contributed by atoms with E-state index in [1.54, 1.807) is 24.3 Å². The third kappa shape index (κ3) is 5.69. The van der Waals surface area contributed by atoms with Crippen molar-refractivity contribution < 1.29 is 14.4 Å². The molecule has 3 N–H and O–H groups in total. The molecule has 2 atom stereocenters. The zero-order valence-electron chi connectivity index (χ0n) is 17.5. The van der Waals surface area contributed by atoms with Crippen molar-refractivity contribution in [2.45, 2.75) is 52.1 Å². The molecule has 0 radical (unpaired) electrons. The van der Waals surface area contributed by atoms with Crippen molar-refractivity contribution in [3.63, 3.8) is 0 Å². The van der Waals surface area contributed by atoms with Crippen LogP contribution in [0.25, 0.3) is 0 Å². The second-order valence-corrected chi connectivity index (χ2v) is 8.01. The van der Waals surface area contributed by atoms with Gasteiger partial charge in [-0.3, -0.25) is 14.4 Å². The molecule has 0 heterocycles. The molecule has 0 aliphatic heterocycles. The van der Waals surface area contributed by atoms with Crippen LogP contribution in [0.4, 0.5) is 5.69 Å². The average Bonchev–Trinajstić information content (AvgIpc) is 2.75. The number of aryl methyl sites for hydroxylation is 1. The van der Waals surface area contributed by atoms with Gasteiger partial charge in [-0.05, 0) is 43.4 Å². The van der Waals surface area contributed by atoms with E-state index < -0.39 is 11.8 Å². The summed E-state index contributed by atoms with van der Waals surface area (Å²) < 4.78 is 0. The van der Waals surface area contributed by atoms with Gasteiger partial charge in [-0.1, -0.05) is 61.7 Å². The number of hydrogen-bond donors (Lipinski definition) is 3. The Balaban J connectivity index is 1.61. The molecule has 0 bridgehead atoms. The Morgan fingerprint density at radius 1 is 0.933 bits per heavy atom. The van der Waals surface area contributed by atoms with Crippen LogP contribution >= 0.6 is 0 Å². The molecular weight excluding hydrogens is 378 g/mol. The summed E-state index contributed by atoms with van der Waals surface area (Å²) in [5.41, 5.74) is 2.77. The first-order valence-electron chi connectivity index (χ1n) is 10.5. The van der Waals surface area contributed by atoms with Gasteiger partial charge in [0.05, 0.1) is 11.3 Å². The maximum atomic E-state index is 12.7. The van der Waals surface area contributed by atoms with Crippen molar-refractivity contribution in [3.8, 4) is 0 Å². The lowest BCUT2D eigenvalue weighted by Gasteiger charge is -2.29. The lowest BCUT2D eigenvalue weighted by atomic mass is 9.86. The van der Waals surface area contributed by atoms with Crippen molar-refractivity contribution in [3.05, 3.63) is 65.2 Å². The van der Waals surface area contributed by atoms with Crippen LogP contribution in [0.5, 0.6) is 0 Å². The third-order valence-electron chi connectivity index (χ3n) is 5.63. The fraction of sp³-hybridized carbons (Fsp3) is 0.375. The van der Waals surface area contributed by atoms with E-state index in [1.807, 2.05) is 31.2 Å². The molecule has 0 saturated heterocycles. The zero-order valence-corrected chi connectivity index (χ0v) is 17.5. The predicted molar refractivity (Wildman–Crippen MR) is 117 cm³/mol. The summed E-state index contributed by atoms with van der Waals surface area (Å²) in [7, 11) is 0. The molecule has 3 rings (SSSR count). The predicted octanol–water partition coefficient (Wildman–Crippen LogP) is 3.56. The highest BCUT2D eigenvalue weighted by Gasteiger charge is 2.26. The molecule has 0 aromatic heterocycles. The molecule has 1 saturated carbocycles. The van der Waals surface area contributed by atoms with Gasteiger partial charge >= 0.3 is 11.8 Å². The summed E-state index contributed by atoms with van der Waals surface area (Å²) in [5.74, 6) is -1.38. The molecule has 6 nitrogen and oxygen atoms in total. The number of benzene rings is 2. The molecule has 2 aromatic rings. The fourth-order valence-corrected chi connectivity index (χ4v) is 3.72. The Bertz CT molecular complexity index is 908. The highest BCUT2D eigenvalue weighted by atomic mass is 16.2. The maximum absolute atomic E-state index is 12.7. The van der Waals surface area contributed by atoms with Crippen LogP contribution in [-0.2, 0) is 16.1 Å². The van der Waals surface area contributed by atoms with Gasteiger partial charge < -0.3 is 16.0 Å². The Labute approximate surface area is 177 Å². The summed E-state index contributed by atoms with van der Waals surface area (Å²) >= 11 is 0. The first-order valence-corrected chi connectivity index (χ1v) is 10.5. The first kappa shape index (κ1) is 21.6. The molecule has 1 aliphatic carbocycles. The standard InChI is InChI=1S/C24H29N3O3/c1-16-11-13-18(14-12-16)15-25-22(28)19-8-4-6-10-21(19)27-24(30)23(29)26-20-9-5-3-7-17(20)2/h4,6,8,10-14,17,20H,3,5,7,9,15H2,1-2H3,(H,25,28)(H,26,29)(H,27,30)/t17-,20-/m0/s1. The first-order chi connectivity index (χ1) is 14.4. The van der Waals surface area contributed by atoms with Crippen LogP contribution in [0.15, 0.2) is 48.5 Å². The van der Waals surface area contributed by atoms with Crippen molar-refractivity contribution in [2.24, 2.45) is 5.92 Å². The minimum absolute atomic E-state index is 0.0186. The lowest BCUT2D eigenvalue weighted by molar-refractivity contribution is -0.137. The molecular formula is C24H29N3O3. The number of carbonyl (C=O) groups is 3. The Hall–Kier alpha value is -3.15. The van der Waals surface area contributed by atoms with Gasteiger partial charge in [0.25, 0.3) is 5.91 Å². The summed E-state index contributed by atoms with van der Waals surface area (Å²) in [5, 5.41) is 8.28. The summed E-state index contributed by atoms with van der Waals surface area (Å²) in [6.07, 6.45) is 4.15. The fourth-order valence-electron chi connectivity index (χ4n) is 3.72. The number of anilines is 1. The molecule has 1 aliphatic rings. The minimum Gasteiger partial charge on any atom is -0.348 e. The van der Waals surface area contributed by atoms with Gasteiger partial charge in [-0.2, -0.15) is 0 Å². The van der Waals surface area contributed by atoms with Crippen molar-refractivity contribution in [1.82, 2.24) is 10.6 Å². The molecule has 6 heteroatoms. The number of para-hydroxylation sites is 1. The van der Waals surface area contributed by atoms with Gasteiger partial charge in [-0.15, -0.1) is 0 Å². The molecule has 2 aromatic carbocycles. The highest BCUT2D eigenvalue weighted by Crippen LogP contribution is 2.23. The highest BCUT2D eigenvalue weighted by molar-refractivity contribution is 6.40. The summed E-state index contributed by atoms with van der Waals surface area (Å²) in [6.45, 7) is 4.48. The van der Waals surface area contributed by atoms with E-state index in [1.165, 1.54) is 0 Å². The maximum Gasteiger partial charge on any atom is 0.313 e. The molecule has 1 fully saturated rings. The average molecular weight is 408 g/mol. The molecule has 3 amide bonds. The summed E-state index contributed by atoms with van der Waals surface area (Å²) in [4.78, 5) is 37.4. The smallest absolute Gasteiger partial charge is 0.313 e. The van der Waals surface area contributed by atoms with Gasteiger partial charge in [0, 0.05) is 12.6 Å². The van der Waals surface area contributed by atoms with Gasteiger partial charge in [-0.25, -0.2) is 0 Å². The lowest BCUT2D eigenvalue weighted by Crippen LogP contribution is -2.46. The minimum atomic E-state index is -0.758. The van der Waals surface area contributed by atoms with Crippen LogP contribution in [-0.4, -0.2) is 23.8 Å². The van der Waals surface area contributed by atoms with E-state index in [2.05, 4.69) is 22.9 Å². The Morgan fingerprint density at radius 2 is 1.63 bits per heavy atom. The SMILES string of the molecule is Cc1ccc(CNC(=O)c2ccccc2NC(=O)C(=O)N[C@H]2CCCC[C@@H]2C)cc1. The largest absolute Gasteiger partial charge is 0.348 e. The van der Waals surface area contributed by atoms with Crippen LogP contribution in [0.2, 0.25) is 0 Å². The van der Waals surface area contributed by atoms with Crippen molar-refractivity contribution in [1.29, 1.82) is 0 Å². The topological polar surface area (TPSA) is 87.3 Å². The second-order valence-electron chi connectivity index (χ2n) is 8.01. The van der Waals surface area contributed by atoms with Crippen molar-refractivity contribution >= 4 is 23.4 Å². The summed E-state index contributed by atoms with van der Waals surface area (Å²) in [6, 6.07) is 14.6. The monoisotopic (exact) mass is 407 g/mol. The number of carbonyl (C=O) groups excluding carboxylic acids is 3. The van der Waals surface area contributed by atoms with Crippen LogP contribution < -0.4 is 16.0 Å². The molecule has 0 unspecified atom stereocenters. The number of rotatable bonds is 5. The van der Waals surface area contributed by atoms with E-state index >= 15 is 0 Å². The number of hydrogen-bond acceptors (Lipinski definition) is 3. The Kier molecular flexibility index (Phi) is 7.22. The van der Waals surface area contributed by atoms with E-state index in [-0.39, 0.29) is 11.9 Å². The van der Waals surface area contributed by atoms with Crippen molar-refractivity contribution in [2.75, 3.05) is 5.32 Å². The zero-order chi connectivity index (χ0) is 21.5. The second kappa shape index (κ2) is 10.1. The van der Waals surface area contributed by atoms with E-state index in [0.717, 1.165) is 36.8 Å². The van der Waals surface area contributed by atoms with Gasteiger partial charge in [0.2, 0.25) is 0 Å². The van der Waals surface area contributed by atoms with E-state index in [4.69, 9.17) is 0 Å². The van der Waals surface area contributed by atoms with Crippen LogP contribution in [0, 0.1) is 12.8 Å². The third-order valence-corrected chi connectivity index (χ3v) is 5.63. The molecule has 158 valence electrons. The molecule has 30 heavy (non-hydrogen) atoms. The van der Waals surface area contributed by atoms with E-state index in [9.17, 15) is 14.4 Å². The Morgan fingerprint density at radius 3 is 2.37 bits per heavy atom. The molecule has 0 spiro atoms. The number of amides is 3. The van der Waals surface area contributed by atoms with Crippen LogP contribution in [0.3, 0.4) is 0 Å².